The second-order valence-electron chi connectivity index (χ2n) is 2.46. The van der Waals surface area contributed by atoms with Gasteiger partial charge in [0.15, 0.2) is 0 Å². The summed E-state index contributed by atoms with van der Waals surface area (Å²) in [7, 11) is 0. The van der Waals surface area contributed by atoms with Crippen LogP contribution in [0, 0.1) is 0 Å². The van der Waals surface area contributed by atoms with Gasteiger partial charge in [0.1, 0.15) is 5.52 Å². The van der Waals surface area contributed by atoms with E-state index in [1.807, 2.05) is 6.07 Å². The van der Waals surface area contributed by atoms with Gasteiger partial charge in [0.25, 0.3) is 11.3 Å². The van der Waals surface area contributed by atoms with E-state index in [4.69, 9.17) is 4.55 Å². The van der Waals surface area contributed by atoms with Gasteiger partial charge in [0.05, 0.1) is 17.5 Å². The van der Waals surface area contributed by atoms with E-state index >= 15 is 0 Å². The highest BCUT2D eigenvalue weighted by atomic mass is 32.2. The lowest BCUT2D eigenvalue weighted by molar-refractivity contribution is 0.570. The van der Waals surface area contributed by atoms with Crippen molar-refractivity contribution in [2.45, 2.75) is 0 Å². The Morgan fingerprint density at radius 1 is 1.54 bits per heavy atom. The van der Waals surface area contributed by atoms with Crippen molar-refractivity contribution in [3.05, 3.63) is 24.5 Å². The van der Waals surface area contributed by atoms with Crippen molar-refractivity contribution in [1.82, 2.24) is 9.97 Å². The summed E-state index contributed by atoms with van der Waals surface area (Å²) in [5.74, 6) is 0. The molecule has 1 unspecified atom stereocenters. The van der Waals surface area contributed by atoms with E-state index in [1.54, 1.807) is 12.1 Å². The van der Waals surface area contributed by atoms with Crippen molar-refractivity contribution in [1.29, 1.82) is 0 Å². The molecular formula is C7H7N3O2S. The van der Waals surface area contributed by atoms with Gasteiger partial charge in [-0.25, -0.2) is 9.19 Å². The fourth-order valence-corrected chi connectivity index (χ4v) is 1.49. The van der Waals surface area contributed by atoms with E-state index < -0.39 is 11.3 Å². The van der Waals surface area contributed by atoms with Crippen LogP contribution in [0.2, 0.25) is 0 Å². The number of hydrogen-bond donors (Lipinski definition) is 3. The lowest BCUT2D eigenvalue weighted by Crippen LogP contribution is -2.01. The van der Waals surface area contributed by atoms with Crippen LogP contribution in [0.1, 0.15) is 0 Å². The van der Waals surface area contributed by atoms with Crippen molar-refractivity contribution in [2.24, 2.45) is 0 Å². The molecule has 0 saturated heterocycles. The number of H-pyrrole nitrogens is 1. The summed E-state index contributed by atoms with van der Waals surface area (Å²) in [5, 5.41) is 0. The minimum absolute atomic E-state index is 0.541. The molecule has 0 bridgehead atoms. The van der Waals surface area contributed by atoms with Crippen LogP contribution in [-0.4, -0.2) is 18.7 Å². The summed E-state index contributed by atoms with van der Waals surface area (Å²) in [6.45, 7) is 0. The third-order valence-electron chi connectivity index (χ3n) is 1.65. The minimum atomic E-state index is -2.06. The summed E-state index contributed by atoms with van der Waals surface area (Å²) in [6, 6.07) is 5.31. The van der Waals surface area contributed by atoms with E-state index in [2.05, 4.69) is 14.7 Å². The third-order valence-corrected chi connectivity index (χ3v) is 2.04. The Morgan fingerprint density at radius 2 is 2.38 bits per heavy atom. The Hall–Kier alpha value is -1.40. The number of nitrogens with one attached hydrogen (secondary N) is 2. The first-order valence-corrected chi connectivity index (χ1v) is 4.67. The molecule has 6 heteroatoms. The van der Waals surface area contributed by atoms with Gasteiger partial charge < -0.3 is 4.98 Å². The summed E-state index contributed by atoms with van der Waals surface area (Å²) in [4.78, 5) is 6.91. The highest BCUT2D eigenvalue weighted by Crippen LogP contribution is 2.19. The normalized spacial score (nSPS) is 13.0. The number of aromatic amines is 1. The maximum absolute atomic E-state index is 10.5. The third kappa shape index (κ3) is 1.53. The highest BCUT2D eigenvalue weighted by Gasteiger charge is 2.03. The molecule has 0 aliphatic heterocycles. The van der Waals surface area contributed by atoms with Gasteiger partial charge in [0.2, 0.25) is 0 Å². The Morgan fingerprint density at radius 3 is 3.15 bits per heavy atom. The van der Waals surface area contributed by atoms with Crippen LogP contribution in [0.15, 0.2) is 24.5 Å². The van der Waals surface area contributed by atoms with Crippen molar-refractivity contribution in [2.75, 3.05) is 4.72 Å². The quantitative estimate of drug-likeness (QED) is 0.631. The monoisotopic (exact) mass is 197 g/mol. The first-order valence-electron chi connectivity index (χ1n) is 3.57. The second kappa shape index (κ2) is 3.15. The number of nitrogens with zero attached hydrogens (tertiary/aromatic N) is 1. The minimum Gasteiger partial charge on any atom is -0.345 e. The van der Waals surface area contributed by atoms with Crippen LogP contribution in [0.25, 0.3) is 11.0 Å². The summed E-state index contributed by atoms with van der Waals surface area (Å²) < 4.78 is 21.5. The van der Waals surface area contributed by atoms with E-state index in [-0.39, 0.29) is 0 Å². The molecule has 0 radical (unpaired) electrons. The summed E-state index contributed by atoms with van der Waals surface area (Å²) in [6.07, 6.45) is 1.54. The van der Waals surface area contributed by atoms with Gasteiger partial charge in [-0.05, 0) is 12.1 Å². The molecule has 2 rings (SSSR count). The maximum Gasteiger partial charge on any atom is 0.259 e. The summed E-state index contributed by atoms with van der Waals surface area (Å²) >= 11 is -2.06. The molecule has 1 heterocycles. The number of imidazole rings is 1. The van der Waals surface area contributed by atoms with Crippen molar-refractivity contribution >= 4 is 28.0 Å². The molecule has 0 spiro atoms. The van der Waals surface area contributed by atoms with Gasteiger partial charge in [-0.3, -0.25) is 9.27 Å². The van der Waals surface area contributed by atoms with E-state index in [1.165, 1.54) is 6.33 Å². The summed E-state index contributed by atoms with van der Waals surface area (Å²) in [5.41, 5.74) is 2.03. The van der Waals surface area contributed by atoms with Crippen LogP contribution in [0.3, 0.4) is 0 Å². The molecule has 0 fully saturated rings. The smallest absolute Gasteiger partial charge is 0.259 e. The molecule has 1 aromatic heterocycles. The highest BCUT2D eigenvalue weighted by molar-refractivity contribution is 7.80. The molecule has 68 valence electrons. The number of benzene rings is 1. The lowest BCUT2D eigenvalue weighted by Gasteiger charge is -2.00. The molecule has 0 aliphatic carbocycles. The molecule has 0 amide bonds. The predicted molar refractivity (Wildman–Crippen MR) is 50.5 cm³/mol. The standard InChI is InChI=1S/C7H7N3O2S/c11-13(12)10-6-3-1-2-5-7(6)9-4-8-5/h1-4,10H,(H,8,9)(H,11,12). The van der Waals surface area contributed by atoms with E-state index in [0.717, 1.165) is 5.52 Å². The number of para-hydroxylation sites is 1. The van der Waals surface area contributed by atoms with E-state index in [9.17, 15) is 4.21 Å². The zero-order chi connectivity index (χ0) is 9.26. The molecule has 1 atom stereocenters. The Balaban J connectivity index is 2.54. The van der Waals surface area contributed by atoms with Crippen LogP contribution >= 0.6 is 0 Å². The van der Waals surface area contributed by atoms with E-state index in [0.29, 0.717) is 11.2 Å². The largest absolute Gasteiger partial charge is 0.345 e. The predicted octanol–water partition coefficient (Wildman–Crippen LogP) is 1.11. The zero-order valence-electron chi connectivity index (χ0n) is 6.52. The fraction of sp³-hybridized carbons (Fsp3) is 0. The van der Waals surface area contributed by atoms with Crippen molar-refractivity contribution in [3.8, 4) is 0 Å². The SMILES string of the molecule is O=S(O)Nc1cccc2[nH]cnc12. The van der Waals surface area contributed by atoms with Crippen LogP contribution in [0.5, 0.6) is 0 Å². The molecular weight excluding hydrogens is 190 g/mol. The maximum atomic E-state index is 10.5. The van der Waals surface area contributed by atoms with Crippen molar-refractivity contribution in [3.63, 3.8) is 0 Å². The lowest BCUT2D eigenvalue weighted by atomic mass is 10.3. The topological polar surface area (TPSA) is 78.0 Å². The van der Waals surface area contributed by atoms with Gasteiger partial charge >= 0.3 is 0 Å². The molecule has 5 nitrogen and oxygen atoms in total. The van der Waals surface area contributed by atoms with Gasteiger partial charge in [-0.2, -0.15) is 0 Å². The average Bonchev–Trinajstić information content (AvgIpc) is 2.51. The van der Waals surface area contributed by atoms with Crippen LogP contribution in [0.4, 0.5) is 5.69 Å². The Bertz CT molecular complexity index is 454. The molecule has 1 aromatic carbocycles. The van der Waals surface area contributed by atoms with Crippen molar-refractivity contribution < 1.29 is 8.76 Å². The average molecular weight is 197 g/mol. The zero-order valence-corrected chi connectivity index (χ0v) is 7.34. The molecule has 13 heavy (non-hydrogen) atoms. The van der Waals surface area contributed by atoms with Crippen LogP contribution in [-0.2, 0) is 11.3 Å². The Kier molecular flexibility index (Phi) is 1.99. The molecule has 2 aromatic rings. The fourth-order valence-electron chi connectivity index (χ4n) is 1.14. The first-order chi connectivity index (χ1) is 6.27. The van der Waals surface area contributed by atoms with Gasteiger partial charge in [-0.15, -0.1) is 0 Å². The van der Waals surface area contributed by atoms with Gasteiger partial charge in [-0.1, -0.05) is 6.07 Å². The molecule has 0 saturated carbocycles. The molecule has 0 aliphatic rings. The Labute approximate surface area is 76.6 Å². The molecule has 3 N–H and O–H groups in total. The first kappa shape index (κ1) is 8.21. The number of fused-ring (bicyclic) bond motifs is 1. The van der Waals surface area contributed by atoms with Gasteiger partial charge in [0, 0.05) is 0 Å². The second-order valence-corrected chi connectivity index (χ2v) is 3.16. The van der Waals surface area contributed by atoms with Crippen LogP contribution < -0.4 is 4.72 Å². The number of aromatic nitrogens is 2. The number of rotatable bonds is 2. The number of anilines is 1. The number of hydrogen-bond acceptors (Lipinski definition) is 2.